The number of hydrogen-bond donors (Lipinski definition) is 0. The number of carbonyl (C=O) groups excluding carboxylic acids is 1. The average molecular weight is 316 g/mol. The van der Waals surface area contributed by atoms with Gasteiger partial charge in [-0.25, -0.2) is 9.67 Å². The quantitative estimate of drug-likeness (QED) is 0.803. The van der Waals surface area contributed by atoms with Crippen LogP contribution < -0.4 is 0 Å². The highest BCUT2D eigenvalue weighted by atomic mass is 16.2. The Bertz CT molecular complexity index is 578. The lowest BCUT2D eigenvalue weighted by Crippen LogP contribution is -2.41. The molecular formula is C18H28N4O. The molecule has 1 saturated heterocycles. The van der Waals surface area contributed by atoms with Crippen LogP contribution in [0.2, 0.25) is 0 Å². The van der Waals surface area contributed by atoms with Gasteiger partial charge in [-0.15, -0.1) is 0 Å². The zero-order valence-corrected chi connectivity index (χ0v) is 14.4. The third kappa shape index (κ3) is 4.21. The van der Waals surface area contributed by atoms with Crippen molar-refractivity contribution < 1.29 is 4.79 Å². The fourth-order valence-corrected chi connectivity index (χ4v) is 3.83. The monoisotopic (exact) mass is 316 g/mol. The highest BCUT2D eigenvalue weighted by molar-refractivity contribution is 5.76. The van der Waals surface area contributed by atoms with Crippen LogP contribution in [0.4, 0.5) is 0 Å². The van der Waals surface area contributed by atoms with Gasteiger partial charge < -0.3 is 4.90 Å². The summed E-state index contributed by atoms with van der Waals surface area (Å²) in [5.41, 5.74) is 0. The second-order valence-corrected chi connectivity index (χ2v) is 7.06. The Morgan fingerprint density at radius 3 is 2.87 bits per heavy atom. The summed E-state index contributed by atoms with van der Waals surface area (Å²) in [7, 11) is 0. The van der Waals surface area contributed by atoms with E-state index in [4.69, 9.17) is 0 Å². The number of nitrogens with zero attached hydrogens (tertiary/aromatic N) is 4. The second kappa shape index (κ2) is 7.28. The Kier molecular flexibility index (Phi) is 5.13. The Hall–Kier alpha value is -1.65. The van der Waals surface area contributed by atoms with E-state index in [1.165, 1.54) is 19.3 Å². The van der Waals surface area contributed by atoms with E-state index in [0.29, 0.717) is 24.2 Å². The molecule has 0 saturated carbocycles. The Balaban J connectivity index is 1.55. The molecule has 0 aromatic carbocycles. The zero-order chi connectivity index (χ0) is 16.2. The number of allylic oxidation sites excluding steroid dienone is 2. The maximum atomic E-state index is 12.6. The third-order valence-corrected chi connectivity index (χ3v) is 5.06. The van der Waals surface area contributed by atoms with E-state index in [1.54, 1.807) is 0 Å². The molecule has 126 valence electrons. The lowest BCUT2D eigenvalue weighted by atomic mass is 9.91. The minimum Gasteiger partial charge on any atom is -0.342 e. The van der Waals surface area contributed by atoms with Gasteiger partial charge in [0, 0.05) is 26.1 Å². The molecule has 0 N–H and O–H groups in total. The fourth-order valence-electron chi connectivity index (χ4n) is 3.83. The molecular weight excluding hydrogens is 288 g/mol. The number of likely N-dealkylation sites (tertiary alicyclic amines) is 1. The molecule has 5 nitrogen and oxygen atoms in total. The Labute approximate surface area is 138 Å². The standard InChI is InChI=1S/C18H28N4O/c1-14-19-15(2)22(20-14)13-17-9-6-10-21(12-17)18(23)11-16-7-4-3-5-8-16/h4,7,16-17H,3,5-6,8-13H2,1-2H3/t16-,17+/m1/s1. The summed E-state index contributed by atoms with van der Waals surface area (Å²) in [5.74, 6) is 3.08. The highest BCUT2D eigenvalue weighted by Crippen LogP contribution is 2.24. The number of aromatic nitrogens is 3. The number of piperidine rings is 1. The average Bonchev–Trinajstić information content (AvgIpc) is 2.86. The molecule has 2 atom stereocenters. The fraction of sp³-hybridized carbons (Fsp3) is 0.722. The van der Waals surface area contributed by atoms with Crippen LogP contribution in [0.25, 0.3) is 0 Å². The largest absolute Gasteiger partial charge is 0.342 e. The molecule has 23 heavy (non-hydrogen) atoms. The SMILES string of the molecule is Cc1nc(C)n(C[C@H]2CCCN(C(=O)C[C@@H]3C=CCCC3)C2)n1. The van der Waals surface area contributed by atoms with Gasteiger partial charge in [-0.05, 0) is 57.8 Å². The summed E-state index contributed by atoms with van der Waals surface area (Å²) in [4.78, 5) is 19.0. The first-order chi connectivity index (χ1) is 11.1. The first-order valence-corrected chi connectivity index (χ1v) is 8.94. The summed E-state index contributed by atoms with van der Waals surface area (Å²) in [6, 6.07) is 0. The van der Waals surface area contributed by atoms with E-state index in [-0.39, 0.29) is 0 Å². The van der Waals surface area contributed by atoms with Crippen LogP contribution in [-0.2, 0) is 11.3 Å². The topological polar surface area (TPSA) is 51.0 Å². The van der Waals surface area contributed by atoms with E-state index < -0.39 is 0 Å². The van der Waals surface area contributed by atoms with Crippen molar-refractivity contribution in [2.75, 3.05) is 13.1 Å². The van der Waals surface area contributed by atoms with Crippen molar-refractivity contribution in [3.8, 4) is 0 Å². The summed E-state index contributed by atoms with van der Waals surface area (Å²) in [5, 5.41) is 4.46. The molecule has 0 bridgehead atoms. The minimum absolute atomic E-state index is 0.331. The molecule has 0 radical (unpaired) electrons. The first kappa shape index (κ1) is 16.2. The van der Waals surface area contributed by atoms with Crippen molar-refractivity contribution in [2.45, 2.75) is 58.9 Å². The number of aryl methyl sites for hydroxylation is 2. The number of carbonyl (C=O) groups is 1. The van der Waals surface area contributed by atoms with Crippen LogP contribution in [0.5, 0.6) is 0 Å². The maximum absolute atomic E-state index is 12.6. The summed E-state index contributed by atoms with van der Waals surface area (Å²) in [6.07, 6.45) is 11.0. The van der Waals surface area contributed by atoms with Crippen LogP contribution in [0.3, 0.4) is 0 Å². The van der Waals surface area contributed by atoms with Gasteiger partial charge >= 0.3 is 0 Å². The lowest BCUT2D eigenvalue weighted by Gasteiger charge is -2.33. The van der Waals surface area contributed by atoms with Gasteiger partial charge in [0.1, 0.15) is 11.6 Å². The van der Waals surface area contributed by atoms with Gasteiger partial charge in [0.2, 0.25) is 5.91 Å². The molecule has 2 heterocycles. The predicted octanol–water partition coefficient (Wildman–Crippen LogP) is 2.88. The molecule has 1 aromatic heterocycles. The van der Waals surface area contributed by atoms with Crippen molar-refractivity contribution >= 4 is 5.91 Å². The van der Waals surface area contributed by atoms with Gasteiger partial charge in [0.15, 0.2) is 0 Å². The van der Waals surface area contributed by atoms with Crippen LogP contribution in [0.15, 0.2) is 12.2 Å². The predicted molar refractivity (Wildman–Crippen MR) is 89.9 cm³/mol. The van der Waals surface area contributed by atoms with Gasteiger partial charge in [0.05, 0.1) is 0 Å². The van der Waals surface area contributed by atoms with Crippen LogP contribution >= 0.6 is 0 Å². The summed E-state index contributed by atoms with van der Waals surface area (Å²) < 4.78 is 2.00. The van der Waals surface area contributed by atoms with E-state index in [2.05, 4.69) is 27.1 Å². The van der Waals surface area contributed by atoms with E-state index in [9.17, 15) is 4.79 Å². The first-order valence-electron chi connectivity index (χ1n) is 8.94. The Morgan fingerprint density at radius 2 is 2.17 bits per heavy atom. The van der Waals surface area contributed by atoms with E-state index in [1.807, 2.05) is 18.5 Å². The molecule has 1 amide bonds. The molecule has 1 aliphatic carbocycles. The molecule has 2 aliphatic rings. The third-order valence-electron chi connectivity index (χ3n) is 5.06. The number of rotatable bonds is 4. The summed E-state index contributed by atoms with van der Waals surface area (Å²) >= 11 is 0. The maximum Gasteiger partial charge on any atom is 0.223 e. The van der Waals surface area contributed by atoms with E-state index >= 15 is 0 Å². The molecule has 1 aliphatic heterocycles. The second-order valence-electron chi connectivity index (χ2n) is 7.06. The normalized spacial score (nSPS) is 24.9. The van der Waals surface area contributed by atoms with Crippen molar-refractivity contribution in [2.24, 2.45) is 11.8 Å². The molecule has 0 spiro atoms. The van der Waals surface area contributed by atoms with Crippen LogP contribution in [-0.4, -0.2) is 38.7 Å². The van der Waals surface area contributed by atoms with E-state index in [0.717, 1.165) is 44.1 Å². The van der Waals surface area contributed by atoms with Crippen molar-refractivity contribution in [1.82, 2.24) is 19.7 Å². The molecule has 0 unspecified atom stereocenters. The minimum atomic E-state index is 0.331. The van der Waals surface area contributed by atoms with Gasteiger partial charge in [0.25, 0.3) is 0 Å². The van der Waals surface area contributed by atoms with Crippen LogP contribution in [0, 0.1) is 25.7 Å². The zero-order valence-electron chi connectivity index (χ0n) is 14.4. The Morgan fingerprint density at radius 1 is 1.30 bits per heavy atom. The van der Waals surface area contributed by atoms with Crippen LogP contribution in [0.1, 0.15) is 50.2 Å². The van der Waals surface area contributed by atoms with Gasteiger partial charge in [-0.1, -0.05) is 12.2 Å². The van der Waals surface area contributed by atoms with Crippen molar-refractivity contribution in [3.05, 3.63) is 23.8 Å². The van der Waals surface area contributed by atoms with Crippen molar-refractivity contribution in [1.29, 1.82) is 0 Å². The molecule has 1 aromatic rings. The van der Waals surface area contributed by atoms with Crippen molar-refractivity contribution in [3.63, 3.8) is 0 Å². The summed E-state index contributed by atoms with van der Waals surface area (Å²) in [6.45, 7) is 6.59. The molecule has 1 fully saturated rings. The number of hydrogen-bond acceptors (Lipinski definition) is 3. The highest BCUT2D eigenvalue weighted by Gasteiger charge is 2.26. The molecule has 3 rings (SSSR count). The lowest BCUT2D eigenvalue weighted by molar-refractivity contribution is -0.133. The smallest absolute Gasteiger partial charge is 0.223 e. The van der Waals surface area contributed by atoms with Gasteiger partial charge in [-0.2, -0.15) is 5.10 Å². The van der Waals surface area contributed by atoms with Gasteiger partial charge in [-0.3, -0.25) is 4.79 Å². The number of amides is 1. The molecule has 5 heteroatoms.